The zero-order chi connectivity index (χ0) is 16.7. The van der Waals surface area contributed by atoms with Gasteiger partial charge in [-0.05, 0) is 56.4 Å². The van der Waals surface area contributed by atoms with Crippen molar-refractivity contribution in [1.29, 1.82) is 0 Å². The summed E-state index contributed by atoms with van der Waals surface area (Å²) in [7, 11) is 1.91. The molecule has 2 heterocycles. The molecule has 23 heavy (non-hydrogen) atoms. The minimum atomic E-state index is 0.797. The van der Waals surface area contributed by atoms with E-state index in [1.54, 1.807) is 0 Å². The molecule has 134 valence electrons. The summed E-state index contributed by atoms with van der Waals surface area (Å²) in [4.78, 5) is 9.57. The maximum absolute atomic E-state index is 4.47. The van der Waals surface area contributed by atoms with Crippen LogP contribution in [0.3, 0.4) is 0 Å². The van der Waals surface area contributed by atoms with E-state index >= 15 is 0 Å². The van der Waals surface area contributed by atoms with Crippen molar-refractivity contribution in [3.8, 4) is 0 Å². The molecule has 0 aliphatic carbocycles. The first kappa shape index (κ1) is 18.6. The third-order valence-corrected chi connectivity index (χ3v) is 5.30. The number of hydrogen-bond donors (Lipinski definition) is 1. The fraction of sp³-hybridized carbons (Fsp3) is 0.947. The molecule has 4 heteroatoms. The molecule has 3 unspecified atom stereocenters. The van der Waals surface area contributed by atoms with Crippen molar-refractivity contribution in [2.75, 3.05) is 46.3 Å². The maximum Gasteiger partial charge on any atom is 0.193 e. The Labute approximate surface area is 143 Å². The summed E-state index contributed by atoms with van der Waals surface area (Å²) in [6.07, 6.45) is 6.59. The molecule has 0 saturated carbocycles. The maximum atomic E-state index is 4.47. The number of guanidine groups is 1. The standard InChI is InChI=1S/C19H38N4/c1-16-8-7-11-23(15-16)19(20-4)21-9-5-6-10-22-13-17(2)12-18(3)14-22/h16-18H,5-15H2,1-4H3,(H,20,21). The molecule has 0 spiro atoms. The van der Waals surface area contributed by atoms with Crippen LogP contribution in [0.4, 0.5) is 0 Å². The van der Waals surface area contributed by atoms with Crippen LogP contribution in [0.5, 0.6) is 0 Å². The van der Waals surface area contributed by atoms with Gasteiger partial charge in [-0.2, -0.15) is 0 Å². The van der Waals surface area contributed by atoms with E-state index in [-0.39, 0.29) is 0 Å². The lowest BCUT2D eigenvalue weighted by molar-refractivity contribution is 0.139. The summed E-state index contributed by atoms with van der Waals surface area (Å²) in [6.45, 7) is 14.4. The molecule has 2 aliphatic rings. The van der Waals surface area contributed by atoms with Crippen LogP contribution < -0.4 is 5.32 Å². The second-order valence-electron chi connectivity index (χ2n) is 8.08. The molecule has 2 aliphatic heterocycles. The molecule has 4 nitrogen and oxygen atoms in total. The van der Waals surface area contributed by atoms with E-state index in [0.717, 1.165) is 43.3 Å². The van der Waals surface area contributed by atoms with E-state index in [9.17, 15) is 0 Å². The smallest absolute Gasteiger partial charge is 0.193 e. The Kier molecular flexibility index (Phi) is 7.68. The quantitative estimate of drug-likeness (QED) is 0.479. The van der Waals surface area contributed by atoms with Gasteiger partial charge in [-0.15, -0.1) is 0 Å². The molecular formula is C19H38N4. The van der Waals surface area contributed by atoms with E-state index < -0.39 is 0 Å². The second kappa shape index (κ2) is 9.51. The van der Waals surface area contributed by atoms with Gasteiger partial charge in [0.1, 0.15) is 0 Å². The highest BCUT2D eigenvalue weighted by atomic mass is 15.3. The zero-order valence-corrected chi connectivity index (χ0v) is 15.9. The summed E-state index contributed by atoms with van der Waals surface area (Å²) in [6, 6.07) is 0. The molecule has 2 fully saturated rings. The number of aliphatic imine (C=N–C) groups is 1. The summed E-state index contributed by atoms with van der Waals surface area (Å²) in [5, 5.41) is 3.57. The summed E-state index contributed by atoms with van der Waals surface area (Å²) < 4.78 is 0. The Hall–Kier alpha value is -0.770. The van der Waals surface area contributed by atoms with Crippen molar-refractivity contribution in [3.63, 3.8) is 0 Å². The third kappa shape index (κ3) is 6.33. The molecule has 2 saturated heterocycles. The largest absolute Gasteiger partial charge is 0.356 e. The van der Waals surface area contributed by atoms with Crippen LogP contribution in [0.25, 0.3) is 0 Å². The van der Waals surface area contributed by atoms with Gasteiger partial charge in [0.15, 0.2) is 5.96 Å². The predicted octanol–water partition coefficient (Wildman–Crippen LogP) is 3.05. The highest BCUT2D eigenvalue weighted by Gasteiger charge is 2.21. The molecule has 0 amide bonds. The van der Waals surface area contributed by atoms with Crippen LogP contribution in [0.15, 0.2) is 4.99 Å². The fourth-order valence-corrected chi connectivity index (χ4v) is 4.35. The van der Waals surface area contributed by atoms with Gasteiger partial charge in [-0.25, -0.2) is 0 Å². The fourth-order valence-electron chi connectivity index (χ4n) is 4.35. The number of rotatable bonds is 5. The van der Waals surface area contributed by atoms with E-state index in [4.69, 9.17) is 0 Å². The molecule has 0 aromatic heterocycles. The molecule has 0 aromatic rings. The zero-order valence-electron chi connectivity index (χ0n) is 15.9. The number of likely N-dealkylation sites (tertiary alicyclic amines) is 2. The molecular weight excluding hydrogens is 284 g/mol. The highest BCUT2D eigenvalue weighted by molar-refractivity contribution is 5.79. The van der Waals surface area contributed by atoms with Crippen LogP contribution >= 0.6 is 0 Å². The van der Waals surface area contributed by atoms with Crippen molar-refractivity contribution >= 4 is 5.96 Å². The molecule has 2 rings (SSSR count). The van der Waals surface area contributed by atoms with Crippen molar-refractivity contribution in [2.45, 2.75) is 52.9 Å². The summed E-state index contributed by atoms with van der Waals surface area (Å²) >= 11 is 0. The second-order valence-corrected chi connectivity index (χ2v) is 8.08. The monoisotopic (exact) mass is 322 g/mol. The lowest BCUT2D eigenvalue weighted by atomic mass is 9.92. The van der Waals surface area contributed by atoms with Gasteiger partial charge in [-0.1, -0.05) is 20.8 Å². The first-order chi connectivity index (χ1) is 11.1. The third-order valence-electron chi connectivity index (χ3n) is 5.30. The molecule has 3 atom stereocenters. The molecule has 0 aromatic carbocycles. The molecule has 1 N–H and O–H groups in total. The Bertz CT molecular complexity index is 358. The van der Waals surface area contributed by atoms with Crippen LogP contribution in [-0.4, -0.2) is 62.1 Å². The average Bonchev–Trinajstić information content (AvgIpc) is 2.50. The Morgan fingerprint density at radius 3 is 2.43 bits per heavy atom. The molecule has 0 bridgehead atoms. The normalized spacial score (nSPS) is 30.5. The number of nitrogens with zero attached hydrogens (tertiary/aromatic N) is 3. The first-order valence-electron chi connectivity index (χ1n) is 9.76. The SMILES string of the molecule is CN=C(NCCCCN1CC(C)CC(C)C1)N1CCCC(C)C1. The van der Waals surface area contributed by atoms with Crippen LogP contribution in [0, 0.1) is 17.8 Å². The van der Waals surface area contributed by atoms with E-state index in [1.165, 1.54) is 51.7 Å². The van der Waals surface area contributed by atoms with E-state index in [2.05, 4.69) is 40.9 Å². The van der Waals surface area contributed by atoms with Crippen LogP contribution in [-0.2, 0) is 0 Å². The highest BCUT2D eigenvalue weighted by Crippen LogP contribution is 2.21. The number of hydrogen-bond acceptors (Lipinski definition) is 2. The lowest BCUT2D eigenvalue weighted by Crippen LogP contribution is -2.46. The first-order valence-corrected chi connectivity index (χ1v) is 9.76. The Balaban J connectivity index is 1.60. The summed E-state index contributed by atoms with van der Waals surface area (Å²) in [5.74, 6) is 3.65. The topological polar surface area (TPSA) is 30.9 Å². The van der Waals surface area contributed by atoms with Crippen molar-refractivity contribution in [3.05, 3.63) is 0 Å². The average molecular weight is 323 g/mol. The lowest BCUT2D eigenvalue weighted by Gasteiger charge is -2.35. The summed E-state index contributed by atoms with van der Waals surface area (Å²) in [5.41, 5.74) is 0. The number of piperidine rings is 2. The minimum absolute atomic E-state index is 0.797. The Morgan fingerprint density at radius 2 is 1.78 bits per heavy atom. The van der Waals surface area contributed by atoms with Crippen LogP contribution in [0.1, 0.15) is 52.9 Å². The van der Waals surface area contributed by atoms with Gasteiger partial charge in [0, 0.05) is 39.8 Å². The predicted molar refractivity (Wildman–Crippen MR) is 100.0 cm³/mol. The van der Waals surface area contributed by atoms with Crippen molar-refractivity contribution in [2.24, 2.45) is 22.7 Å². The van der Waals surface area contributed by atoms with Gasteiger partial charge in [0.2, 0.25) is 0 Å². The van der Waals surface area contributed by atoms with Gasteiger partial charge < -0.3 is 15.1 Å². The van der Waals surface area contributed by atoms with E-state index in [1.807, 2.05) is 7.05 Å². The van der Waals surface area contributed by atoms with Crippen molar-refractivity contribution < 1.29 is 0 Å². The van der Waals surface area contributed by atoms with E-state index in [0.29, 0.717) is 0 Å². The molecule has 0 radical (unpaired) electrons. The Morgan fingerprint density at radius 1 is 1.04 bits per heavy atom. The number of nitrogens with one attached hydrogen (secondary N) is 1. The van der Waals surface area contributed by atoms with Crippen LogP contribution in [0.2, 0.25) is 0 Å². The van der Waals surface area contributed by atoms with Gasteiger partial charge in [-0.3, -0.25) is 4.99 Å². The number of unbranched alkanes of at least 4 members (excludes halogenated alkanes) is 1. The van der Waals surface area contributed by atoms with Gasteiger partial charge >= 0.3 is 0 Å². The van der Waals surface area contributed by atoms with Gasteiger partial charge in [0.25, 0.3) is 0 Å². The minimum Gasteiger partial charge on any atom is -0.356 e. The van der Waals surface area contributed by atoms with Gasteiger partial charge in [0.05, 0.1) is 0 Å². The van der Waals surface area contributed by atoms with Crippen molar-refractivity contribution in [1.82, 2.24) is 15.1 Å².